The van der Waals surface area contributed by atoms with Crippen LogP contribution in [0.15, 0.2) is 61.2 Å². The Labute approximate surface area is 165 Å². The molecule has 136 valence electrons. The van der Waals surface area contributed by atoms with Gasteiger partial charge < -0.3 is 4.90 Å². The summed E-state index contributed by atoms with van der Waals surface area (Å²) in [5.74, 6) is -0.293. The number of hydrogen-bond acceptors (Lipinski definition) is 5. The van der Waals surface area contributed by atoms with Crippen LogP contribution in [0.2, 0.25) is 5.02 Å². The van der Waals surface area contributed by atoms with Gasteiger partial charge in [0.1, 0.15) is 11.4 Å². The Morgan fingerprint density at radius 1 is 1.14 bits per heavy atom. The van der Waals surface area contributed by atoms with E-state index in [2.05, 4.69) is 21.0 Å². The van der Waals surface area contributed by atoms with Crippen molar-refractivity contribution < 1.29 is 4.79 Å². The van der Waals surface area contributed by atoms with Crippen LogP contribution in [0.4, 0.5) is 5.69 Å². The molecule has 1 aromatic carbocycles. The number of hydrogen-bond donors (Lipinski definition) is 0. The van der Waals surface area contributed by atoms with E-state index < -0.39 is 0 Å². The minimum Gasteiger partial charge on any atom is -0.310 e. The van der Waals surface area contributed by atoms with Crippen molar-refractivity contribution in [3.63, 3.8) is 0 Å². The van der Waals surface area contributed by atoms with Crippen molar-refractivity contribution in [1.29, 1.82) is 5.26 Å². The molecule has 0 N–H and O–H groups in total. The van der Waals surface area contributed by atoms with Crippen LogP contribution in [0.3, 0.4) is 0 Å². The van der Waals surface area contributed by atoms with Crippen LogP contribution in [0.25, 0.3) is 17.0 Å². The fourth-order valence-corrected chi connectivity index (χ4v) is 3.02. The molecule has 0 bridgehead atoms. The second kappa shape index (κ2) is 7.10. The van der Waals surface area contributed by atoms with Gasteiger partial charge in [-0.25, -0.2) is 9.97 Å². The van der Waals surface area contributed by atoms with Gasteiger partial charge in [-0.3, -0.25) is 14.2 Å². The summed E-state index contributed by atoms with van der Waals surface area (Å²) < 4.78 is 1.74. The summed E-state index contributed by atoms with van der Waals surface area (Å²) in [6.07, 6.45) is 6.43. The number of carbonyl (C=O) groups excluding carboxylic acids is 1. The summed E-state index contributed by atoms with van der Waals surface area (Å²) in [4.78, 5) is 27.2. The third-order valence-corrected chi connectivity index (χ3v) is 4.61. The lowest BCUT2D eigenvalue weighted by Gasteiger charge is -2.17. The summed E-state index contributed by atoms with van der Waals surface area (Å²) in [5.41, 5.74) is 3.24. The van der Waals surface area contributed by atoms with Gasteiger partial charge >= 0.3 is 0 Å². The van der Waals surface area contributed by atoms with Crippen LogP contribution in [0.5, 0.6) is 0 Å². The topological polar surface area (TPSA) is 87.2 Å². The molecule has 0 saturated heterocycles. The predicted molar refractivity (Wildman–Crippen MR) is 105 cm³/mol. The molecule has 28 heavy (non-hydrogen) atoms. The van der Waals surface area contributed by atoms with E-state index in [-0.39, 0.29) is 11.6 Å². The van der Waals surface area contributed by atoms with Gasteiger partial charge in [0.05, 0.1) is 34.7 Å². The number of fused-ring (bicyclic) bond motifs is 1. The van der Waals surface area contributed by atoms with Gasteiger partial charge in [0, 0.05) is 25.1 Å². The Morgan fingerprint density at radius 2 is 1.93 bits per heavy atom. The third-order valence-electron chi connectivity index (χ3n) is 4.30. The molecular formula is C20H13ClN6O. The van der Waals surface area contributed by atoms with Crippen LogP contribution in [0, 0.1) is 11.3 Å². The zero-order valence-electron chi connectivity index (χ0n) is 14.7. The van der Waals surface area contributed by atoms with Crippen molar-refractivity contribution in [1.82, 2.24) is 19.4 Å². The minimum atomic E-state index is -0.293. The zero-order valence-corrected chi connectivity index (χ0v) is 15.5. The highest BCUT2D eigenvalue weighted by Crippen LogP contribution is 2.26. The van der Waals surface area contributed by atoms with Crippen LogP contribution in [-0.2, 0) is 0 Å². The minimum absolute atomic E-state index is 0.241. The highest BCUT2D eigenvalue weighted by molar-refractivity contribution is 6.32. The number of carbonyl (C=O) groups is 1. The number of benzene rings is 1. The number of rotatable bonds is 3. The Morgan fingerprint density at radius 3 is 2.64 bits per heavy atom. The fraction of sp³-hybridized carbons (Fsp3) is 0.0500. The van der Waals surface area contributed by atoms with Crippen LogP contribution >= 0.6 is 11.6 Å². The van der Waals surface area contributed by atoms with Crippen molar-refractivity contribution >= 4 is 28.8 Å². The zero-order chi connectivity index (χ0) is 19.7. The van der Waals surface area contributed by atoms with E-state index >= 15 is 0 Å². The van der Waals surface area contributed by atoms with Gasteiger partial charge in [-0.2, -0.15) is 5.26 Å². The van der Waals surface area contributed by atoms with Crippen molar-refractivity contribution in [2.24, 2.45) is 0 Å². The molecule has 0 radical (unpaired) electrons. The van der Waals surface area contributed by atoms with Crippen molar-refractivity contribution in [3.05, 3.63) is 77.5 Å². The fourth-order valence-electron chi connectivity index (χ4n) is 2.80. The molecule has 3 heterocycles. The molecule has 8 heteroatoms. The monoisotopic (exact) mass is 388 g/mol. The first kappa shape index (κ1) is 17.6. The normalized spacial score (nSPS) is 10.6. The average molecular weight is 389 g/mol. The van der Waals surface area contributed by atoms with Crippen LogP contribution < -0.4 is 4.90 Å². The number of amides is 1. The van der Waals surface area contributed by atoms with Gasteiger partial charge in [-0.15, -0.1) is 0 Å². The van der Waals surface area contributed by atoms with E-state index in [9.17, 15) is 4.79 Å². The highest BCUT2D eigenvalue weighted by Gasteiger charge is 2.18. The van der Waals surface area contributed by atoms with Gasteiger partial charge in [0.25, 0.3) is 5.91 Å². The van der Waals surface area contributed by atoms with E-state index in [1.807, 2.05) is 0 Å². The lowest BCUT2D eigenvalue weighted by molar-refractivity contribution is 0.0988. The number of nitrogens with zero attached hydrogens (tertiary/aromatic N) is 6. The number of anilines is 1. The second-order valence-corrected chi connectivity index (χ2v) is 6.41. The predicted octanol–water partition coefficient (Wildman–Crippen LogP) is 3.59. The molecule has 0 aliphatic carbocycles. The molecule has 0 atom stereocenters. The summed E-state index contributed by atoms with van der Waals surface area (Å²) >= 11 is 6.26. The lowest BCUT2D eigenvalue weighted by atomic mass is 10.2. The number of aromatic nitrogens is 4. The van der Waals surface area contributed by atoms with E-state index in [4.69, 9.17) is 16.9 Å². The van der Waals surface area contributed by atoms with Gasteiger partial charge in [0.15, 0.2) is 5.65 Å². The number of halogens is 1. The van der Waals surface area contributed by atoms with E-state index in [1.165, 1.54) is 11.1 Å². The van der Waals surface area contributed by atoms with Crippen molar-refractivity contribution in [2.45, 2.75) is 0 Å². The Bertz CT molecular complexity index is 1230. The molecule has 0 aliphatic rings. The summed E-state index contributed by atoms with van der Waals surface area (Å²) in [6.45, 7) is 0. The molecule has 0 spiro atoms. The number of pyridine rings is 1. The van der Waals surface area contributed by atoms with Crippen molar-refractivity contribution in [3.8, 4) is 17.5 Å². The molecule has 1 amide bonds. The molecule has 7 nitrogen and oxygen atoms in total. The maximum atomic E-state index is 12.9. The van der Waals surface area contributed by atoms with Crippen LogP contribution in [-0.4, -0.2) is 32.3 Å². The van der Waals surface area contributed by atoms with Gasteiger partial charge in [-0.05, 0) is 36.4 Å². The van der Waals surface area contributed by atoms with E-state index in [0.29, 0.717) is 33.3 Å². The molecule has 0 unspecified atom stereocenters. The molecule has 0 saturated carbocycles. The standard InChI is InChI=1S/C20H13ClN6O/c1-26(14-6-4-13(9-22)5-7-14)20(28)16-12-27-17(10-25-18(27)11-24-16)19-15(21)3-2-8-23-19/h2-8,10-12H,1H3. The van der Waals surface area contributed by atoms with E-state index in [1.54, 1.807) is 66.4 Å². The Balaban J connectivity index is 1.73. The summed E-state index contributed by atoms with van der Waals surface area (Å²) in [6, 6.07) is 12.3. The van der Waals surface area contributed by atoms with Gasteiger partial charge in [-0.1, -0.05) is 11.6 Å². The Hall–Kier alpha value is -3.76. The van der Waals surface area contributed by atoms with Crippen molar-refractivity contribution in [2.75, 3.05) is 11.9 Å². The molecule has 0 aliphatic heterocycles. The smallest absolute Gasteiger partial charge is 0.278 e. The lowest BCUT2D eigenvalue weighted by Crippen LogP contribution is -2.27. The molecule has 4 rings (SSSR count). The number of imidazole rings is 1. The van der Waals surface area contributed by atoms with Crippen LogP contribution in [0.1, 0.15) is 16.1 Å². The second-order valence-electron chi connectivity index (χ2n) is 6.00. The maximum absolute atomic E-state index is 12.9. The third kappa shape index (κ3) is 3.06. The first-order valence-electron chi connectivity index (χ1n) is 8.30. The largest absolute Gasteiger partial charge is 0.310 e. The first-order valence-corrected chi connectivity index (χ1v) is 8.68. The quantitative estimate of drug-likeness (QED) is 0.535. The molecule has 4 aromatic rings. The van der Waals surface area contributed by atoms with Gasteiger partial charge in [0.2, 0.25) is 0 Å². The summed E-state index contributed by atoms with van der Waals surface area (Å²) in [7, 11) is 1.65. The summed E-state index contributed by atoms with van der Waals surface area (Å²) in [5, 5.41) is 9.40. The average Bonchev–Trinajstić information content (AvgIpc) is 3.16. The Kier molecular flexibility index (Phi) is 4.47. The molecular weight excluding hydrogens is 376 g/mol. The molecule has 0 fully saturated rings. The number of nitriles is 1. The highest BCUT2D eigenvalue weighted by atomic mass is 35.5. The molecule has 3 aromatic heterocycles. The first-order chi connectivity index (χ1) is 13.6. The SMILES string of the molecule is CN(C(=O)c1cn2c(-c3ncccc3Cl)cnc2cn1)c1ccc(C#N)cc1. The maximum Gasteiger partial charge on any atom is 0.278 e. The van der Waals surface area contributed by atoms with E-state index in [0.717, 1.165) is 0 Å².